The Kier molecular flexibility index (Phi) is 7.57. The lowest BCUT2D eigenvalue weighted by molar-refractivity contribution is -0.120. The van der Waals surface area contributed by atoms with Gasteiger partial charge in [-0.1, -0.05) is 18.2 Å². The number of methoxy groups -OCH3 is 1. The first kappa shape index (κ1) is 23.9. The van der Waals surface area contributed by atoms with Gasteiger partial charge in [0, 0.05) is 45.6 Å². The molecule has 8 heteroatoms. The molecule has 7 nitrogen and oxygen atoms in total. The molecule has 1 aliphatic rings. The highest BCUT2D eigenvalue weighted by molar-refractivity contribution is 5.78. The first-order valence-corrected chi connectivity index (χ1v) is 11.7. The first-order chi connectivity index (χ1) is 16.4. The van der Waals surface area contributed by atoms with E-state index in [4.69, 9.17) is 4.74 Å². The smallest absolute Gasteiger partial charge is 0.224 e. The van der Waals surface area contributed by atoms with Crippen molar-refractivity contribution >= 4 is 5.91 Å². The van der Waals surface area contributed by atoms with E-state index in [1.165, 1.54) is 23.3 Å². The summed E-state index contributed by atoms with van der Waals surface area (Å²) >= 11 is 0. The van der Waals surface area contributed by atoms with Gasteiger partial charge in [-0.2, -0.15) is 0 Å². The molecule has 0 saturated heterocycles. The number of nitrogens with one attached hydrogen (secondary N) is 1. The number of benzene rings is 2. The molecule has 0 saturated carbocycles. The highest BCUT2D eigenvalue weighted by atomic mass is 19.1. The van der Waals surface area contributed by atoms with E-state index in [2.05, 4.69) is 51.0 Å². The number of rotatable bonds is 8. The molecule has 2 heterocycles. The van der Waals surface area contributed by atoms with Gasteiger partial charge in [-0.15, -0.1) is 10.2 Å². The Labute approximate surface area is 199 Å². The van der Waals surface area contributed by atoms with Crippen LogP contribution in [0.1, 0.15) is 33.9 Å². The van der Waals surface area contributed by atoms with E-state index in [1.807, 2.05) is 0 Å². The molecule has 0 bridgehead atoms. The molecule has 0 radical (unpaired) electrons. The van der Waals surface area contributed by atoms with Crippen molar-refractivity contribution in [2.24, 2.45) is 0 Å². The molecule has 4 rings (SSSR count). The van der Waals surface area contributed by atoms with Gasteiger partial charge in [0.05, 0.1) is 13.5 Å². The second kappa shape index (κ2) is 10.8. The Hall–Kier alpha value is -3.26. The van der Waals surface area contributed by atoms with Crippen LogP contribution < -0.4 is 10.1 Å². The lowest BCUT2D eigenvalue weighted by atomic mass is 10.0. The first-order valence-electron chi connectivity index (χ1n) is 11.7. The number of carbonyl (C=O) groups is 1. The summed E-state index contributed by atoms with van der Waals surface area (Å²) in [7, 11) is 1.71. The summed E-state index contributed by atoms with van der Waals surface area (Å²) in [6.07, 6.45) is 1.70. The molecule has 0 aliphatic carbocycles. The van der Waals surface area contributed by atoms with Crippen molar-refractivity contribution < 1.29 is 13.9 Å². The highest BCUT2D eigenvalue weighted by Crippen LogP contribution is 2.24. The summed E-state index contributed by atoms with van der Waals surface area (Å²) in [5.41, 5.74) is 4.50. The number of aryl methyl sites for hydroxylation is 2. The third kappa shape index (κ3) is 5.80. The van der Waals surface area contributed by atoms with E-state index in [0.717, 1.165) is 61.1 Å². The molecular formula is C26H32FN5O2. The number of nitrogens with zero attached hydrogens (tertiary/aromatic N) is 4. The second-order valence-corrected chi connectivity index (χ2v) is 8.86. The summed E-state index contributed by atoms with van der Waals surface area (Å²) in [5, 5.41) is 11.7. The van der Waals surface area contributed by atoms with Crippen molar-refractivity contribution in [2.75, 3.05) is 26.7 Å². The maximum atomic E-state index is 13.0. The van der Waals surface area contributed by atoms with Crippen molar-refractivity contribution in [3.8, 4) is 5.75 Å². The van der Waals surface area contributed by atoms with Gasteiger partial charge >= 0.3 is 0 Å². The predicted molar refractivity (Wildman–Crippen MR) is 128 cm³/mol. The minimum Gasteiger partial charge on any atom is -0.496 e. The minimum atomic E-state index is -0.301. The van der Waals surface area contributed by atoms with E-state index >= 15 is 0 Å². The van der Waals surface area contributed by atoms with E-state index in [9.17, 15) is 9.18 Å². The fourth-order valence-electron chi connectivity index (χ4n) is 4.41. The molecule has 1 amide bonds. The standard InChI is InChI=1S/C26H32FN5O2/c1-18-15-23(34-3)19(2)14-21(18)17-31-11-9-25-30-29-24(32(25)13-12-31)8-10-28-26(33)16-20-4-6-22(27)7-5-20/h4-7,14-15H,8-13,16-17H2,1-3H3,(H,28,33). The van der Waals surface area contributed by atoms with Gasteiger partial charge in [-0.3, -0.25) is 9.69 Å². The third-order valence-corrected chi connectivity index (χ3v) is 6.39. The van der Waals surface area contributed by atoms with Crippen LogP contribution in [-0.2, 0) is 37.1 Å². The molecule has 0 fully saturated rings. The zero-order valence-corrected chi connectivity index (χ0v) is 20.1. The molecule has 0 spiro atoms. The van der Waals surface area contributed by atoms with Gasteiger partial charge in [-0.05, 0) is 54.3 Å². The topological polar surface area (TPSA) is 72.3 Å². The monoisotopic (exact) mass is 465 g/mol. The number of halogens is 1. The Bertz CT molecular complexity index is 1140. The zero-order valence-electron chi connectivity index (χ0n) is 20.1. The van der Waals surface area contributed by atoms with Crippen molar-refractivity contribution in [3.05, 3.63) is 76.1 Å². The van der Waals surface area contributed by atoms with E-state index in [1.54, 1.807) is 19.2 Å². The Balaban J connectivity index is 1.30. The second-order valence-electron chi connectivity index (χ2n) is 8.86. The zero-order chi connectivity index (χ0) is 24.1. The number of carbonyl (C=O) groups excluding carboxylic acids is 1. The van der Waals surface area contributed by atoms with Gasteiger partial charge in [0.2, 0.25) is 5.91 Å². The van der Waals surface area contributed by atoms with Gasteiger partial charge in [-0.25, -0.2) is 4.39 Å². The number of amides is 1. The molecule has 1 aromatic heterocycles. The average Bonchev–Trinajstić information content (AvgIpc) is 3.09. The van der Waals surface area contributed by atoms with Crippen LogP contribution in [0, 0.1) is 19.7 Å². The number of fused-ring (bicyclic) bond motifs is 1. The highest BCUT2D eigenvalue weighted by Gasteiger charge is 2.19. The number of ether oxygens (including phenoxy) is 1. The maximum Gasteiger partial charge on any atom is 0.224 e. The normalized spacial score (nSPS) is 13.9. The fourth-order valence-corrected chi connectivity index (χ4v) is 4.41. The molecule has 3 aromatic rings. The van der Waals surface area contributed by atoms with Crippen LogP contribution in [0.15, 0.2) is 36.4 Å². The molecule has 2 aromatic carbocycles. The number of aromatic nitrogens is 3. The van der Waals surface area contributed by atoms with Crippen LogP contribution in [0.3, 0.4) is 0 Å². The SMILES string of the molecule is COc1cc(C)c(CN2CCc3nnc(CCNC(=O)Cc4ccc(F)cc4)n3CC2)cc1C. The van der Waals surface area contributed by atoms with E-state index in [0.29, 0.717) is 13.0 Å². The number of hydrogen-bond acceptors (Lipinski definition) is 5. The molecule has 34 heavy (non-hydrogen) atoms. The molecule has 0 unspecified atom stereocenters. The summed E-state index contributed by atoms with van der Waals surface area (Å²) < 4.78 is 20.7. The van der Waals surface area contributed by atoms with E-state index < -0.39 is 0 Å². The van der Waals surface area contributed by atoms with Crippen molar-refractivity contribution in [1.29, 1.82) is 0 Å². The lowest BCUT2D eigenvalue weighted by Crippen LogP contribution is -2.29. The van der Waals surface area contributed by atoms with Crippen LogP contribution in [0.5, 0.6) is 5.75 Å². The van der Waals surface area contributed by atoms with Gasteiger partial charge < -0.3 is 14.6 Å². The van der Waals surface area contributed by atoms with Crippen LogP contribution >= 0.6 is 0 Å². The molecular weight excluding hydrogens is 433 g/mol. The third-order valence-electron chi connectivity index (χ3n) is 6.39. The minimum absolute atomic E-state index is 0.0847. The Morgan fingerprint density at radius 3 is 2.65 bits per heavy atom. The average molecular weight is 466 g/mol. The fraction of sp³-hybridized carbons (Fsp3) is 0.423. The molecule has 1 aliphatic heterocycles. The van der Waals surface area contributed by atoms with Crippen molar-refractivity contribution in [3.63, 3.8) is 0 Å². The molecule has 1 N–H and O–H groups in total. The molecule has 180 valence electrons. The Morgan fingerprint density at radius 2 is 1.88 bits per heavy atom. The quantitative estimate of drug-likeness (QED) is 0.554. The summed E-state index contributed by atoms with van der Waals surface area (Å²) in [5.74, 6) is 2.44. The molecule has 0 atom stereocenters. The van der Waals surface area contributed by atoms with Crippen LogP contribution in [0.4, 0.5) is 4.39 Å². The summed E-state index contributed by atoms with van der Waals surface area (Å²) in [6, 6.07) is 10.3. The summed E-state index contributed by atoms with van der Waals surface area (Å²) in [4.78, 5) is 14.7. The lowest BCUT2D eigenvalue weighted by Gasteiger charge is -2.21. The van der Waals surface area contributed by atoms with Crippen LogP contribution in [0.2, 0.25) is 0 Å². The van der Waals surface area contributed by atoms with Gasteiger partial charge in [0.15, 0.2) is 0 Å². The predicted octanol–water partition coefficient (Wildman–Crippen LogP) is 3.00. The van der Waals surface area contributed by atoms with Gasteiger partial charge in [0.25, 0.3) is 0 Å². The summed E-state index contributed by atoms with van der Waals surface area (Å²) in [6.45, 7) is 8.27. The van der Waals surface area contributed by atoms with Gasteiger partial charge in [0.1, 0.15) is 23.2 Å². The van der Waals surface area contributed by atoms with Crippen molar-refractivity contribution in [1.82, 2.24) is 25.0 Å². The maximum absolute atomic E-state index is 13.0. The van der Waals surface area contributed by atoms with E-state index in [-0.39, 0.29) is 18.1 Å². The van der Waals surface area contributed by atoms with Crippen LogP contribution in [0.25, 0.3) is 0 Å². The van der Waals surface area contributed by atoms with Crippen molar-refractivity contribution in [2.45, 2.75) is 46.2 Å². The number of hydrogen-bond donors (Lipinski definition) is 1. The largest absolute Gasteiger partial charge is 0.496 e. The van der Waals surface area contributed by atoms with Crippen LogP contribution in [-0.4, -0.2) is 52.3 Å². The Morgan fingerprint density at radius 1 is 1.09 bits per heavy atom.